The van der Waals surface area contributed by atoms with Crippen LogP contribution in [0.2, 0.25) is 0 Å². The van der Waals surface area contributed by atoms with Crippen LogP contribution in [0.15, 0.2) is 47.4 Å². The van der Waals surface area contributed by atoms with E-state index in [1.165, 1.54) is 19.3 Å². The molecule has 3 aromatic rings. The molecule has 0 atom stereocenters. The monoisotopic (exact) mass is 294 g/mol. The van der Waals surface area contributed by atoms with E-state index in [1.807, 2.05) is 36.4 Å². The van der Waals surface area contributed by atoms with Crippen molar-refractivity contribution in [2.24, 2.45) is 7.05 Å². The zero-order chi connectivity index (χ0) is 15.1. The zero-order valence-corrected chi connectivity index (χ0v) is 12.5. The third-order valence-electron chi connectivity index (χ3n) is 4.43. The molecule has 0 aliphatic heterocycles. The number of para-hydroxylation sites is 2. The summed E-state index contributed by atoms with van der Waals surface area (Å²) in [7, 11) is 1.79. The van der Waals surface area contributed by atoms with E-state index in [4.69, 9.17) is 0 Å². The van der Waals surface area contributed by atoms with Gasteiger partial charge in [-0.05, 0) is 43.5 Å². The van der Waals surface area contributed by atoms with Gasteiger partial charge in [-0.3, -0.25) is 9.13 Å². The number of aryl methyl sites for hydroxylation is 1. The largest absolute Gasteiger partial charge is 0.367 e. The average molecular weight is 294 g/mol. The topological polar surface area (TPSA) is 51.9 Å². The number of fused-ring (bicyclic) bond motifs is 1. The van der Waals surface area contributed by atoms with E-state index >= 15 is 0 Å². The van der Waals surface area contributed by atoms with E-state index in [0.29, 0.717) is 6.04 Å². The Hall–Kier alpha value is -2.56. The number of hydrogen-bond donors (Lipinski definition) is 1. The van der Waals surface area contributed by atoms with Crippen LogP contribution in [0, 0.1) is 0 Å². The molecule has 22 heavy (non-hydrogen) atoms. The van der Waals surface area contributed by atoms with Crippen LogP contribution in [0.5, 0.6) is 0 Å². The van der Waals surface area contributed by atoms with Crippen LogP contribution in [0.25, 0.3) is 16.7 Å². The van der Waals surface area contributed by atoms with Crippen molar-refractivity contribution in [2.45, 2.75) is 25.3 Å². The maximum Gasteiger partial charge on any atom is 0.333 e. The van der Waals surface area contributed by atoms with E-state index in [2.05, 4.69) is 10.3 Å². The van der Waals surface area contributed by atoms with Crippen molar-refractivity contribution < 1.29 is 0 Å². The predicted octanol–water partition coefficient (Wildman–Crippen LogP) is 2.69. The first-order chi connectivity index (χ1) is 10.7. The van der Waals surface area contributed by atoms with Gasteiger partial charge in [-0.15, -0.1) is 0 Å². The van der Waals surface area contributed by atoms with E-state index < -0.39 is 0 Å². The van der Waals surface area contributed by atoms with Crippen molar-refractivity contribution >= 4 is 16.9 Å². The summed E-state index contributed by atoms with van der Waals surface area (Å²) in [6.45, 7) is 0. The fraction of sp³-hybridized carbons (Fsp3) is 0.294. The normalized spacial score (nSPS) is 15.0. The zero-order valence-electron chi connectivity index (χ0n) is 12.5. The van der Waals surface area contributed by atoms with E-state index in [0.717, 1.165) is 22.5 Å². The smallest absolute Gasteiger partial charge is 0.333 e. The van der Waals surface area contributed by atoms with Crippen molar-refractivity contribution in [1.82, 2.24) is 14.1 Å². The highest BCUT2D eigenvalue weighted by Crippen LogP contribution is 2.23. The molecule has 5 heteroatoms. The number of hydrogen-bond acceptors (Lipinski definition) is 3. The molecule has 1 fully saturated rings. The molecule has 1 aliphatic rings. The van der Waals surface area contributed by atoms with Gasteiger partial charge in [0.1, 0.15) is 5.82 Å². The Morgan fingerprint density at radius 3 is 2.55 bits per heavy atom. The van der Waals surface area contributed by atoms with Crippen molar-refractivity contribution in [3.63, 3.8) is 0 Å². The number of nitrogens with zero attached hydrogens (tertiary/aromatic N) is 3. The molecule has 1 aliphatic carbocycles. The molecule has 0 spiro atoms. The molecule has 112 valence electrons. The highest BCUT2D eigenvalue weighted by molar-refractivity contribution is 5.78. The SMILES string of the molecule is Cn1c(=O)n(-c2ccc(NC3CCC3)nc2)c2ccccc21. The van der Waals surface area contributed by atoms with Gasteiger partial charge < -0.3 is 5.32 Å². The molecule has 0 unspecified atom stereocenters. The van der Waals surface area contributed by atoms with Crippen molar-refractivity contribution in [3.05, 3.63) is 53.1 Å². The lowest BCUT2D eigenvalue weighted by Crippen LogP contribution is -2.27. The number of nitrogens with one attached hydrogen (secondary N) is 1. The second-order valence-electron chi connectivity index (χ2n) is 5.84. The first kappa shape index (κ1) is 13.1. The minimum atomic E-state index is -0.0531. The van der Waals surface area contributed by atoms with Gasteiger partial charge in [-0.1, -0.05) is 12.1 Å². The van der Waals surface area contributed by atoms with Gasteiger partial charge in [-0.25, -0.2) is 9.78 Å². The molecule has 1 saturated carbocycles. The second kappa shape index (κ2) is 5.02. The van der Waals surface area contributed by atoms with Crippen LogP contribution in [0.4, 0.5) is 5.82 Å². The maximum absolute atomic E-state index is 12.5. The molecule has 1 N–H and O–H groups in total. The summed E-state index contributed by atoms with van der Waals surface area (Å²) in [6.07, 6.45) is 5.48. The Labute approximate surface area is 128 Å². The minimum absolute atomic E-state index is 0.0531. The molecule has 4 rings (SSSR count). The summed E-state index contributed by atoms with van der Waals surface area (Å²) >= 11 is 0. The highest BCUT2D eigenvalue weighted by Gasteiger charge is 2.17. The summed E-state index contributed by atoms with van der Waals surface area (Å²) in [5.41, 5.74) is 2.56. The molecule has 0 amide bonds. The molecule has 0 radical (unpaired) electrons. The molecule has 2 heterocycles. The summed E-state index contributed by atoms with van der Waals surface area (Å²) < 4.78 is 3.37. The van der Waals surface area contributed by atoms with Crippen LogP contribution in [-0.2, 0) is 7.05 Å². The summed E-state index contributed by atoms with van der Waals surface area (Å²) in [5, 5.41) is 3.41. The highest BCUT2D eigenvalue weighted by atomic mass is 16.1. The lowest BCUT2D eigenvalue weighted by Gasteiger charge is -2.26. The summed E-state index contributed by atoms with van der Waals surface area (Å²) in [5.74, 6) is 0.877. The fourth-order valence-electron chi connectivity index (χ4n) is 2.91. The molecule has 0 bridgehead atoms. The Bertz CT molecular complexity index is 872. The van der Waals surface area contributed by atoms with Gasteiger partial charge in [0.2, 0.25) is 0 Å². The number of anilines is 1. The molecule has 2 aromatic heterocycles. The number of rotatable bonds is 3. The summed E-state index contributed by atoms with van der Waals surface area (Å²) in [4.78, 5) is 16.9. The Balaban J connectivity index is 1.75. The van der Waals surface area contributed by atoms with E-state index in [-0.39, 0.29) is 5.69 Å². The van der Waals surface area contributed by atoms with Gasteiger partial charge in [0.05, 0.1) is 22.9 Å². The van der Waals surface area contributed by atoms with Crippen molar-refractivity contribution in [2.75, 3.05) is 5.32 Å². The summed E-state index contributed by atoms with van der Waals surface area (Å²) in [6, 6.07) is 12.2. The standard InChI is InChI=1S/C17H18N4O/c1-20-14-7-2-3-8-15(14)21(17(20)22)13-9-10-16(18-11-13)19-12-5-4-6-12/h2-3,7-12H,4-6H2,1H3,(H,18,19). The van der Waals surface area contributed by atoms with Crippen molar-refractivity contribution in [1.29, 1.82) is 0 Å². The third kappa shape index (κ3) is 2.01. The van der Waals surface area contributed by atoms with E-state index in [9.17, 15) is 4.79 Å². The van der Waals surface area contributed by atoms with Crippen LogP contribution < -0.4 is 11.0 Å². The molecule has 0 saturated heterocycles. The van der Waals surface area contributed by atoms with Gasteiger partial charge in [0, 0.05) is 13.1 Å². The first-order valence-electron chi connectivity index (χ1n) is 7.63. The van der Waals surface area contributed by atoms with Crippen molar-refractivity contribution in [3.8, 4) is 5.69 Å². The quantitative estimate of drug-likeness (QED) is 0.808. The molecule has 5 nitrogen and oxygen atoms in total. The van der Waals surface area contributed by atoms with Gasteiger partial charge in [0.25, 0.3) is 0 Å². The lowest BCUT2D eigenvalue weighted by molar-refractivity contribution is 0.444. The van der Waals surface area contributed by atoms with Crippen LogP contribution >= 0.6 is 0 Å². The number of imidazole rings is 1. The lowest BCUT2D eigenvalue weighted by atomic mass is 9.93. The Kier molecular flexibility index (Phi) is 2.99. The van der Waals surface area contributed by atoms with Crippen LogP contribution in [-0.4, -0.2) is 20.2 Å². The maximum atomic E-state index is 12.5. The van der Waals surface area contributed by atoms with Gasteiger partial charge in [0.15, 0.2) is 0 Å². The fourth-order valence-corrected chi connectivity index (χ4v) is 2.91. The van der Waals surface area contributed by atoms with E-state index in [1.54, 1.807) is 22.4 Å². The van der Waals surface area contributed by atoms with Gasteiger partial charge >= 0.3 is 5.69 Å². The number of aromatic nitrogens is 3. The second-order valence-corrected chi connectivity index (χ2v) is 5.84. The Morgan fingerprint density at radius 2 is 1.91 bits per heavy atom. The third-order valence-corrected chi connectivity index (χ3v) is 4.43. The predicted molar refractivity (Wildman–Crippen MR) is 87.6 cm³/mol. The van der Waals surface area contributed by atoms with Crippen LogP contribution in [0.3, 0.4) is 0 Å². The first-order valence-corrected chi connectivity index (χ1v) is 7.63. The minimum Gasteiger partial charge on any atom is -0.367 e. The van der Waals surface area contributed by atoms with Crippen LogP contribution in [0.1, 0.15) is 19.3 Å². The van der Waals surface area contributed by atoms with Gasteiger partial charge in [-0.2, -0.15) is 0 Å². The molecular formula is C17H18N4O. The average Bonchev–Trinajstić information content (AvgIpc) is 2.76. The molecule has 1 aromatic carbocycles. The number of pyridine rings is 1. The number of benzene rings is 1. The Morgan fingerprint density at radius 1 is 1.14 bits per heavy atom. The molecular weight excluding hydrogens is 276 g/mol.